The summed E-state index contributed by atoms with van der Waals surface area (Å²) in [5.74, 6) is 1.67. The summed E-state index contributed by atoms with van der Waals surface area (Å²) in [6, 6.07) is 0.215. The van der Waals surface area contributed by atoms with Crippen molar-refractivity contribution in [1.82, 2.24) is 9.97 Å². The fourth-order valence-corrected chi connectivity index (χ4v) is 2.48. The van der Waals surface area contributed by atoms with Gasteiger partial charge in [0, 0.05) is 18.6 Å². The van der Waals surface area contributed by atoms with Gasteiger partial charge in [-0.05, 0) is 12.8 Å². The van der Waals surface area contributed by atoms with Crippen molar-refractivity contribution in [3.05, 3.63) is 6.33 Å². The van der Waals surface area contributed by atoms with Crippen molar-refractivity contribution >= 4 is 11.6 Å². The van der Waals surface area contributed by atoms with Crippen molar-refractivity contribution in [3.8, 4) is 5.75 Å². The van der Waals surface area contributed by atoms with Crippen LogP contribution in [-0.2, 0) is 0 Å². The third-order valence-electron chi connectivity index (χ3n) is 3.50. The lowest BCUT2D eigenvalue weighted by atomic mass is 9.85. The summed E-state index contributed by atoms with van der Waals surface area (Å²) in [4.78, 5) is 8.06. The molecule has 2 atom stereocenters. The highest BCUT2D eigenvalue weighted by atomic mass is 16.5. The third-order valence-corrected chi connectivity index (χ3v) is 3.50. The fourth-order valence-electron chi connectivity index (χ4n) is 2.48. The summed E-state index contributed by atoms with van der Waals surface area (Å²) in [5.41, 5.74) is 5.74. The van der Waals surface area contributed by atoms with Gasteiger partial charge in [0.15, 0.2) is 11.6 Å². The highest BCUT2D eigenvalue weighted by Crippen LogP contribution is 2.31. The molecular formula is C12H20N4O2. The van der Waals surface area contributed by atoms with Crippen molar-refractivity contribution in [1.29, 1.82) is 0 Å². The predicted molar refractivity (Wildman–Crippen MR) is 69.5 cm³/mol. The summed E-state index contributed by atoms with van der Waals surface area (Å²) in [6.45, 7) is 0.195. The van der Waals surface area contributed by atoms with Gasteiger partial charge in [0.05, 0.1) is 7.11 Å². The lowest BCUT2D eigenvalue weighted by Gasteiger charge is -2.31. The van der Waals surface area contributed by atoms with Crippen molar-refractivity contribution < 1.29 is 9.84 Å². The fraction of sp³-hybridized carbons (Fsp3) is 0.667. The predicted octanol–water partition coefficient (Wildman–Crippen LogP) is 1.03. The highest BCUT2D eigenvalue weighted by Gasteiger charge is 2.25. The zero-order valence-corrected chi connectivity index (χ0v) is 10.6. The van der Waals surface area contributed by atoms with Gasteiger partial charge in [-0.25, -0.2) is 9.97 Å². The average Bonchev–Trinajstić information content (AvgIpc) is 2.40. The second kappa shape index (κ2) is 5.86. The molecule has 0 aliphatic heterocycles. The first kappa shape index (κ1) is 12.9. The molecule has 2 unspecified atom stereocenters. The number of nitrogens with zero attached hydrogens (tertiary/aromatic N) is 2. The molecule has 100 valence electrons. The van der Waals surface area contributed by atoms with Gasteiger partial charge in [-0.1, -0.05) is 12.8 Å². The third kappa shape index (κ3) is 2.64. The number of aliphatic hydroxyl groups is 1. The highest BCUT2D eigenvalue weighted by molar-refractivity contribution is 5.61. The van der Waals surface area contributed by atoms with Crippen LogP contribution in [0.3, 0.4) is 0 Å². The van der Waals surface area contributed by atoms with Crippen LogP contribution in [0.15, 0.2) is 6.33 Å². The molecule has 0 bridgehead atoms. The second-order valence-corrected chi connectivity index (χ2v) is 4.62. The van der Waals surface area contributed by atoms with Gasteiger partial charge in [0.2, 0.25) is 5.75 Å². The van der Waals surface area contributed by atoms with Crippen molar-refractivity contribution in [2.75, 3.05) is 24.8 Å². The Morgan fingerprint density at radius 1 is 1.44 bits per heavy atom. The first-order valence-corrected chi connectivity index (χ1v) is 6.28. The molecule has 0 amide bonds. The van der Waals surface area contributed by atoms with E-state index in [-0.39, 0.29) is 18.6 Å². The SMILES string of the molecule is COc1c(N)ncnc1NC1CCCCC1CO. The van der Waals surface area contributed by atoms with Gasteiger partial charge in [-0.2, -0.15) is 0 Å². The molecule has 1 aliphatic carbocycles. The maximum atomic E-state index is 9.39. The molecule has 1 fully saturated rings. The van der Waals surface area contributed by atoms with Crippen LogP contribution in [0.1, 0.15) is 25.7 Å². The van der Waals surface area contributed by atoms with Gasteiger partial charge in [0.25, 0.3) is 0 Å². The van der Waals surface area contributed by atoms with Gasteiger partial charge < -0.3 is 20.9 Å². The Balaban J connectivity index is 2.15. The Kier molecular flexibility index (Phi) is 4.19. The Morgan fingerprint density at radius 3 is 2.94 bits per heavy atom. The smallest absolute Gasteiger partial charge is 0.203 e. The van der Waals surface area contributed by atoms with E-state index in [0.717, 1.165) is 19.3 Å². The van der Waals surface area contributed by atoms with E-state index in [1.165, 1.54) is 12.7 Å². The van der Waals surface area contributed by atoms with E-state index < -0.39 is 0 Å². The van der Waals surface area contributed by atoms with Crippen LogP contribution >= 0.6 is 0 Å². The van der Waals surface area contributed by atoms with E-state index >= 15 is 0 Å². The van der Waals surface area contributed by atoms with Crippen LogP contribution < -0.4 is 15.8 Å². The van der Waals surface area contributed by atoms with Crippen LogP contribution in [0.25, 0.3) is 0 Å². The molecule has 1 aromatic heterocycles. The van der Waals surface area contributed by atoms with E-state index in [2.05, 4.69) is 15.3 Å². The minimum Gasteiger partial charge on any atom is -0.490 e. The largest absolute Gasteiger partial charge is 0.490 e. The molecule has 0 radical (unpaired) electrons. The maximum absolute atomic E-state index is 9.39. The Labute approximate surface area is 107 Å². The van der Waals surface area contributed by atoms with E-state index in [0.29, 0.717) is 17.4 Å². The number of hydrogen-bond acceptors (Lipinski definition) is 6. The minimum absolute atomic E-state index is 0.195. The molecular weight excluding hydrogens is 232 g/mol. The Morgan fingerprint density at radius 2 is 2.22 bits per heavy atom. The van der Waals surface area contributed by atoms with Gasteiger partial charge in [0.1, 0.15) is 6.33 Å². The van der Waals surface area contributed by atoms with Crippen LogP contribution in [0, 0.1) is 5.92 Å². The van der Waals surface area contributed by atoms with Crippen LogP contribution in [0.5, 0.6) is 5.75 Å². The summed E-state index contributed by atoms with van der Waals surface area (Å²) in [5, 5.41) is 12.7. The molecule has 18 heavy (non-hydrogen) atoms. The van der Waals surface area contributed by atoms with Crippen LogP contribution in [0.2, 0.25) is 0 Å². The minimum atomic E-state index is 0.195. The second-order valence-electron chi connectivity index (χ2n) is 4.62. The molecule has 6 nitrogen and oxygen atoms in total. The van der Waals surface area contributed by atoms with Crippen molar-refractivity contribution in [2.45, 2.75) is 31.7 Å². The number of hydrogen-bond donors (Lipinski definition) is 3. The van der Waals surface area contributed by atoms with Gasteiger partial charge in [-0.15, -0.1) is 0 Å². The van der Waals surface area contributed by atoms with Crippen molar-refractivity contribution in [2.24, 2.45) is 5.92 Å². The lowest BCUT2D eigenvalue weighted by Crippen LogP contribution is -2.34. The molecule has 1 saturated carbocycles. The van der Waals surface area contributed by atoms with E-state index in [9.17, 15) is 5.11 Å². The Bertz CT molecular complexity index is 400. The molecule has 1 aromatic rings. The molecule has 0 spiro atoms. The van der Waals surface area contributed by atoms with Crippen LogP contribution in [-0.4, -0.2) is 34.8 Å². The first-order valence-electron chi connectivity index (χ1n) is 6.28. The number of methoxy groups -OCH3 is 1. The number of aliphatic hydroxyl groups excluding tert-OH is 1. The van der Waals surface area contributed by atoms with Gasteiger partial charge >= 0.3 is 0 Å². The number of nitrogens with one attached hydrogen (secondary N) is 1. The summed E-state index contributed by atoms with van der Waals surface area (Å²) in [6.07, 6.45) is 5.82. The zero-order valence-electron chi connectivity index (χ0n) is 10.6. The van der Waals surface area contributed by atoms with Crippen LogP contribution in [0.4, 0.5) is 11.6 Å². The first-order chi connectivity index (χ1) is 8.76. The molecule has 2 rings (SSSR count). The summed E-state index contributed by atoms with van der Waals surface area (Å²) < 4.78 is 5.21. The topological polar surface area (TPSA) is 93.3 Å². The number of anilines is 2. The number of rotatable bonds is 4. The molecule has 4 N–H and O–H groups in total. The number of nitrogen functional groups attached to an aromatic ring is 1. The maximum Gasteiger partial charge on any atom is 0.203 e. The van der Waals surface area contributed by atoms with E-state index in [1.54, 1.807) is 7.11 Å². The monoisotopic (exact) mass is 252 g/mol. The average molecular weight is 252 g/mol. The molecule has 0 aromatic carbocycles. The van der Waals surface area contributed by atoms with E-state index in [4.69, 9.17) is 10.5 Å². The van der Waals surface area contributed by atoms with E-state index in [1.807, 2.05) is 0 Å². The summed E-state index contributed by atoms with van der Waals surface area (Å²) in [7, 11) is 1.55. The quantitative estimate of drug-likeness (QED) is 0.741. The van der Waals surface area contributed by atoms with Crippen molar-refractivity contribution in [3.63, 3.8) is 0 Å². The lowest BCUT2D eigenvalue weighted by molar-refractivity contribution is 0.178. The summed E-state index contributed by atoms with van der Waals surface area (Å²) >= 11 is 0. The van der Waals surface area contributed by atoms with Gasteiger partial charge in [-0.3, -0.25) is 0 Å². The molecule has 6 heteroatoms. The molecule has 1 heterocycles. The standard InChI is InChI=1S/C12H20N4O2/c1-18-10-11(13)14-7-15-12(10)16-9-5-3-2-4-8(9)6-17/h7-9,17H,2-6H2,1H3,(H3,13,14,15,16). The number of nitrogens with two attached hydrogens (primary N) is 1. The molecule has 1 aliphatic rings. The number of aromatic nitrogens is 2. The molecule has 0 saturated heterocycles. The normalized spacial score (nSPS) is 23.7. The number of ether oxygens (including phenoxy) is 1. The Hall–Kier alpha value is -1.56. The zero-order chi connectivity index (χ0) is 13.0.